The van der Waals surface area contributed by atoms with Crippen molar-refractivity contribution in [2.45, 2.75) is 26.8 Å². The van der Waals surface area contributed by atoms with E-state index in [4.69, 9.17) is 11.6 Å². The number of benzene rings is 2. The molecule has 3 rings (SSSR count). The Balaban J connectivity index is 1.75. The van der Waals surface area contributed by atoms with Crippen molar-refractivity contribution in [2.24, 2.45) is 0 Å². The van der Waals surface area contributed by atoms with Crippen molar-refractivity contribution in [1.82, 2.24) is 9.97 Å². The molecule has 1 heterocycles. The van der Waals surface area contributed by atoms with E-state index in [2.05, 4.69) is 33.6 Å². The lowest BCUT2D eigenvalue weighted by Crippen LogP contribution is -2.06. The number of rotatable bonds is 6. The van der Waals surface area contributed by atoms with Gasteiger partial charge >= 0.3 is 0 Å². The molecule has 0 amide bonds. The third kappa shape index (κ3) is 4.70. The summed E-state index contributed by atoms with van der Waals surface area (Å²) in [4.78, 5) is 9.07. The van der Waals surface area contributed by atoms with E-state index in [0.29, 0.717) is 12.5 Å². The number of nitrogens with one attached hydrogen (secondary N) is 2. The largest absolute Gasteiger partial charge is 0.366 e. The zero-order valence-electron chi connectivity index (χ0n) is 14.4. The first kappa shape index (κ1) is 17.2. The number of halogens is 1. The molecular weight excluding hydrogens is 332 g/mol. The fourth-order valence-electron chi connectivity index (χ4n) is 2.58. The van der Waals surface area contributed by atoms with Crippen LogP contribution in [0, 0.1) is 6.92 Å². The molecule has 2 aromatic carbocycles. The highest BCUT2D eigenvalue weighted by molar-refractivity contribution is 6.30. The van der Waals surface area contributed by atoms with Gasteiger partial charge < -0.3 is 10.6 Å². The van der Waals surface area contributed by atoms with Crippen LogP contribution in [-0.4, -0.2) is 9.97 Å². The summed E-state index contributed by atoms with van der Waals surface area (Å²) >= 11 is 5.92. The minimum Gasteiger partial charge on any atom is -0.366 e. The zero-order chi connectivity index (χ0) is 17.6. The molecule has 1 aromatic heterocycles. The zero-order valence-corrected chi connectivity index (χ0v) is 15.1. The monoisotopic (exact) mass is 352 g/mol. The van der Waals surface area contributed by atoms with Crippen molar-refractivity contribution in [1.29, 1.82) is 0 Å². The smallest absolute Gasteiger partial charge is 0.229 e. The van der Waals surface area contributed by atoms with Crippen LogP contribution in [-0.2, 0) is 13.0 Å². The molecule has 0 bridgehead atoms. The highest BCUT2D eigenvalue weighted by Gasteiger charge is 2.05. The Kier molecular flexibility index (Phi) is 5.51. The molecule has 5 heteroatoms. The van der Waals surface area contributed by atoms with Crippen LogP contribution in [0.25, 0.3) is 0 Å². The van der Waals surface area contributed by atoms with Crippen LogP contribution in [0.3, 0.4) is 0 Å². The Morgan fingerprint density at radius 2 is 1.76 bits per heavy atom. The first-order chi connectivity index (χ1) is 12.1. The quantitative estimate of drug-likeness (QED) is 0.627. The molecule has 0 saturated heterocycles. The standard InChI is InChI=1S/C20H21ClN4/c1-3-16-6-4-5-7-18(16)24-20-23-14(2)12-19(25-20)22-13-15-8-10-17(21)11-9-15/h4-12H,3,13H2,1-2H3,(H2,22,23,24,25). The summed E-state index contributed by atoms with van der Waals surface area (Å²) < 4.78 is 0. The van der Waals surface area contributed by atoms with Gasteiger partial charge in [-0.15, -0.1) is 0 Å². The van der Waals surface area contributed by atoms with Crippen LogP contribution in [0.5, 0.6) is 0 Å². The summed E-state index contributed by atoms with van der Waals surface area (Å²) in [6.07, 6.45) is 0.955. The van der Waals surface area contributed by atoms with E-state index in [1.807, 2.05) is 55.5 Å². The van der Waals surface area contributed by atoms with Gasteiger partial charge in [-0.05, 0) is 42.7 Å². The summed E-state index contributed by atoms with van der Waals surface area (Å²) in [7, 11) is 0. The average Bonchev–Trinajstić information content (AvgIpc) is 2.61. The lowest BCUT2D eigenvalue weighted by Gasteiger charge is -2.12. The summed E-state index contributed by atoms with van der Waals surface area (Å²) in [5.41, 5.74) is 4.33. The Labute approximate surface area is 153 Å². The van der Waals surface area contributed by atoms with Crippen LogP contribution < -0.4 is 10.6 Å². The topological polar surface area (TPSA) is 49.8 Å². The molecule has 2 N–H and O–H groups in total. The van der Waals surface area contributed by atoms with Gasteiger partial charge in [-0.2, -0.15) is 4.98 Å². The molecule has 0 atom stereocenters. The first-order valence-corrected chi connectivity index (χ1v) is 8.71. The van der Waals surface area contributed by atoms with Gasteiger partial charge in [0.05, 0.1) is 0 Å². The van der Waals surface area contributed by atoms with Gasteiger partial charge in [0.2, 0.25) is 5.95 Å². The Hall–Kier alpha value is -2.59. The number of anilines is 3. The summed E-state index contributed by atoms with van der Waals surface area (Å²) in [5, 5.41) is 7.41. The fourth-order valence-corrected chi connectivity index (χ4v) is 2.71. The number of para-hydroxylation sites is 1. The van der Waals surface area contributed by atoms with Crippen molar-refractivity contribution < 1.29 is 0 Å². The molecule has 0 saturated carbocycles. The molecule has 3 aromatic rings. The highest BCUT2D eigenvalue weighted by atomic mass is 35.5. The van der Waals surface area contributed by atoms with Crippen molar-refractivity contribution >= 4 is 29.1 Å². The predicted octanol–water partition coefficient (Wildman–Crippen LogP) is 5.36. The average molecular weight is 353 g/mol. The molecule has 0 unspecified atom stereocenters. The van der Waals surface area contributed by atoms with Crippen LogP contribution in [0.1, 0.15) is 23.7 Å². The maximum Gasteiger partial charge on any atom is 0.229 e. The minimum absolute atomic E-state index is 0.597. The Morgan fingerprint density at radius 3 is 2.52 bits per heavy atom. The number of aryl methyl sites for hydroxylation is 2. The third-order valence-corrected chi connectivity index (χ3v) is 4.14. The van der Waals surface area contributed by atoms with Gasteiger partial charge in [-0.3, -0.25) is 0 Å². The molecule has 25 heavy (non-hydrogen) atoms. The summed E-state index contributed by atoms with van der Waals surface area (Å²) in [6.45, 7) is 4.78. The number of hydrogen-bond acceptors (Lipinski definition) is 4. The molecule has 0 spiro atoms. The SMILES string of the molecule is CCc1ccccc1Nc1nc(C)cc(NCc2ccc(Cl)cc2)n1. The van der Waals surface area contributed by atoms with Crippen LogP contribution in [0.4, 0.5) is 17.5 Å². The minimum atomic E-state index is 0.597. The van der Waals surface area contributed by atoms with Gasteiger partial charge in [0.1, 0.15) is 5.82 Å². The second-order valence-electron chi connectivity index (χ2n) is 5.83. The maximum atomic E-state index is 5.92. The van der Waals surface area contributed by atoms with E-state index in [1.54, 1.807) is 0 Å². The Morgan fingerprint density at radius 1 is 1.00 bits per heavy atom. The second-order valence-corrected chi connectivity index (χ2v) is 6.27. The summed E-state index contributed by atoms with van der Waals surface area (Å²) in [6, 6.07) is 17.9. The van der Waals surface area contributed by atoms with Crippen LogP contribution >= 0.6 is 11.6 Å². The van der Waals surface area contributed by atoms with E-state index >= 15 is 0 Å². The number of aromatic nitrogens is 2. The highest BCUT2D eigenvalue weighted by Crippen LogP contribution is 2.20. The van der Waals surface area contributed by atoms with Crippen molar-refractivity contribution in [2.75, 3.05) is 10.6 Å². The first-order valence-electron chi connectivity index (χ1n) is 8.33. The van der Waals surface area contributed by atoms with Crippen molar-refractivity contribution in [3.05, 3.63) is 76.4 Å². The number of nitrogens with zero attached hydrogens (tertiary/aromatic N) is 2. The lowest BCUT2D eigenvalue weighted by molar-refractivity contribution is 1.05. The van der Waals surface area contributed by atoms with E-state index < -0.39 is 0 Å². The maximum absolute atomic E-state index is 5.92. The molecule has 4 nitrogen and oxygen atoms in total. The van der Waals surface area contributed by atoms with Crippen LogP contribution in [0.2, 0.25) is 5.02 Å². The van der Waals surface area contributed by atoms with E-state index in [1.165, 1.54) is 5.56 Å². The van der Waals surface area contributed by atoms with E-state index in [-0.39, 0.29) is 0 Å². The molecule has 128 valence electrons. The van der Waals surface area contributed by atoms with Crippen molar-refractivity contribution in [3.8, 4) is 0 Å². The van der Waals surface area contributed by atoms with Gasteiger partial charge in [0.15, 0.2) is 0 Å². The number of hydrogen-bond donors (Lipinski definition) is 2. The van der Waals surface area contributed by atoms with Gasteiger partial charge in [0.25, 0.3) is 0 Å². The molecule has 0 aliphatic rings. The molecule has 0 aliphatic carbocycles. The van der Waals surface area contributed by atoms with E-state index in [9.17, 15) is 0 Å². The lowest BCUT2D eigenvalue weighted by atomic mass is 10.1. The predicted molar refractivity (Wildman–Crippen MR) is 105 cm³/mol. The third-order valence-electron chi connectivity index (χ3n) is 3.89. The molecular formula is C20H21ClN4. The Bertz CT molecular complexity index is 847. The van der Waals surface area contributed by atoms with Crippen molar-refractivity contribution in [3.63, 3.8) is 0 Å². The van der Waals surface area contributed by atoms with Gasteiger partial charge in [0, 0.05) is 29.0 Å². The van der Waals surface area contributed by atoms with Gasteiger partial charge in [-0.1, -0.05) is 48.9 Å². The molecule has 0 radical (unpaired) electrons. The summed E-state index contributed by atoms with van der Waals surface area (Å²) in [5.74, 6) is 1.39. The molecule has 0 fully saturated rings. The van der Waals surface area contributed by atoms with Gasteiger partial charge in [-0.25, -0.2) is 4.98 Å². The van der Waals surface area contributed by atoms with Crippen LogP contribution in [0.15, 0.2) is 54.6 Å². The molecule has 0 aliphatic heterocycles. The fraction of sp³-hybridized carbons (Fsp3) is 0.200. The van der Waals surface area contributed by atoms with E-state index in [0.717, 1.165) is 34.2 Å². The second kappa shape index (κ2) is 7.99. The normalized spacial score (nSPS) is 10.5.